The average Bonchev–Trinajstić information content (AvgIpc) is 2.99. The summed E-state index contributed by atoms with van der Waals surface area (Å²) < 4.78 is 19.1. The lowest BCUT2D eigenvalue weighted by molar-refractivity contribution is 0.179. The molecule has 2 aliphatic heterocycles. The molecule has 1 unspecified atom stereocenters. The van der Waals surface area contributed by atoms with Gasteiger partial charge in [-0.1, -0.05) is 12.1 Å². The van der Waals surface area contributed by atoms with Crippen molar-refractivity contribution in [2.24, 2.45) is 0 Å². The Morgan fingerprint density at radius 1 is 1.19 bits per heavy atom. The van der Waals surface area contributed by atoms with E-state index in [2.05, 4.69) is 20.6 Å². The highest BCUT2D eigenvalue weighted by Gasteiger charge is 2.37. The molecular weight excluding hydrogens is 331 g/mol. The van der Waals surface area contributed by atoms with Crippen LogP contribution in [-0.4, -0.2) is 42.8 Å². The van der Waals surface area contributed by atoms with Crippen LogP contribution in [0.2, 0.25) is 0 Å². The smallest absolute Gasteiger partial charge is 0.133 e. The maximum Gasteiger partial charge on any atom is 0.133 e. The van der Waals surface area contributed by atoms with Gasteiger partial charge in [0.25, 0.3) is 0 Å². The van der Waals surface area contributed by atoms with Gasteiger partial charge in [-0.05, 0) is 44.0 Å². The van der Waals surface area contributed by atoms with Gasteiger partial charge in [0.15, 0.2) is 0 Å². The Labute approximate surface area is 153 Å². The highest BCUT2D eigenvalue weighted by molar-refractivity contribution is 5.48. The monoisotopic (exact) mass is 356 g/mol. The Bertz CT molecular complexity index is 772. The van der Waals surface area contributed by atoms with Gasteiger partial charge in [-0.2, -0.15) is 0 Å². The molecule has 2 aromatic rings. The normalized spacial score (nSPS) is 22.7. The van der Waals surface area contributed by atoms with E-state index in [-0.39, 0.29) is 11.2 Å². The van der Waals surface area contributed by atoms with Gasteiger partial charge < -0.3 is 15.4 Å². The minimum Gasteiger partial charge on any atom is -0.380 e. The molecule has 0 saturated carbocycles. The molecule has 138 valence electrons. The minimum atomic E-state index is -0.208. The summed E-state index contributed by atoms with van der Waals surface area (Å²) in [6.45, 7) is 5.92. The van der Waals surface area contributed by atoms with Crippen molar-refractivity contribution in [1.82, 2.24) is 15.3 Å². The molecule has 3 heterocycles. The van der Waals surface area contributed by atoms with Crippen LogP contribution in [0.4, 0.5) is 10.2 Å². The Morgan fingerprint density at radius 2 is 2.00 bits per heavy atom. The van der Waals surface area contributed by atoms with Gasteiger partial charge in [0, 0.05) is 37.1 Å². The number of hydrogen-bond donors (Lipinski definition) is 2. The lowest BCUT2D eigenvalue weighted by Crippen LogP contribution is -2.35. The third-order valence-corrected chi connectivity index (χ3v) is 5.45. The van der Waals surface area contributed by atoms with Crippen molar-refractivity contribution in [3.63, 3.8) is 0 Å². The van der Waals surface area contributed by atoms with E-state index in [1.165, 1.54) is 17.7 Å². The van der Waals surface area contributed by atoms with Crippen LogP contribution in [0, 0.1) is 12.7 Å². The van der Waals surface area contributed by atoms with Crippen LogP contribution in [-0.2, 0) is 23.0 Å². The van der Waals surface area contributed by atoms with Crippen molar-refractivity contribution in [3.8, 4) is 0 Å². The summed E-state index contributed by atoms with van der Waals surface area (Å²) in [5, 5.41) is 7.01. The first-order valence-corrected chi connectivity index (χ1v) is 9.31. The van der Waals surface area contributed by atoms with Crippen molar-refractivity contribution in [3.05, 3.63) is 52.7 Å². The molecule has 0 amide bonds. The molecule has 2 N–H and O–H groups in total. The number of aryl methyl sites for hydroxylation is 1. The van der Waals surface area contributed by atoms with Crippen LogP contribution >= 0.6 is 0 Å². The molecule has 1 aromatic heterocycles. The summed E-state index contributed by atoms with van der Waals surface area (Å²) in [7, 11) is 0. The van der Waals surface area contributed by atoms with E-state index in [4.69, 9.17) is 4.74 Å². The Balaban J connectivity index is 1.61. The molecule has 1 fully saturated rings. The van der Waals surface area contributed by atoms with E-state index in [0.29, 0.717) is 6.61 Å². The predicted molar refractivity (Wildman–Crippen MR) is 99.1 cm³/mol. The second-order valence-electron chi connectivity index (χ2n) is 7.24. The summed E-state index contributed by atoms with van der Waals surface area (Å²) in [5.74, 6) is 1.52. The quantitative estimate of drug-likeness (QED) is 0.881. The number of hydrogen-bond acceptors (Lipinski definition) is 5. The second-order valence-corrected chi connectivity index (χ2v) is 7.24. The van der Waals surface area contributed by atoms with Crippen LogP contribution in [0.3, 0.4) is 0 Å². The lowest BCUT2D eigenvalue weighted by atomic mass is 9.79. The molecule has 0 aliphatic carbocycles. The number of aromatic nitrogens is 2. The van der Waals surface area contributed by atoms with Gasteiger partial charge in [-0.25, -0.2) is 14.4 Å². The van der Waals surface area contributed by atoms with Crippen LogP contribution < -0.4 is 10.6 Å². The summed E-state index contributed by atoms with van der Waals surface area (Å²) in [4.78, 5) is 9.32. The minimum absolute atomic E-state index is 0.150. The Morgan fingerprint density at radius 3 is 2.77 bits per heavy atom. The number of ether oxygens (including phenoxy) is 1. The van der Waals surface area contributed by atoms with Gasteiger partial charge >= 0.3 is 0 Å². The van der Waals surface area contributed by atoms with E-state index in [1.54, 1.807) is 0 Å². The van der Waals surface area contributed by atoms with E-state index < -0.39 is 0 Å². The maximum absolute atomic E-state index is 13.4. The molecule has 26 heavy (non-hydrogen) atoms. The molecule has 5 nitrogen and oxygen atoms in total. The number of anilines is 1. The number of rotatable bonds is 4. The first kappa shape index (κ1) is 17.4. The molecule has 0 radical (unpaired) electrons. The van der Waals surface area contributed by atoms with E-state index in [9.17, 15) is 4.39 Å². The topological polar surface area (TPSA) is 59.1 Å². The van der Waals surface area contributed by atoms with Crippen LogP contribution in [0.1, 0.15) is 29.1 Å². The van der Waals surface area contributed by atoms with Crippen molar-refractivity contribution in [2.75, 3.05) is 38.2 Å². The fourth-order valence-corrected chi connectivity index (χ4v) is 3.95. The summed E-state index contributed by atoms with van der Waals surface area (Å²) in [6.07, 6.45) is 2.77. The zero-order valence-corrected chi connectivity index (χ0v) is 15.1. The molecule has 1 aromatic carbocycles. The van der Waals surface area contributed by atoms with Gasteiger partial charge in [-0.15, -0.1) is 0 Å². The molecule has 6 heteroatoms. The zero-order valence-electron chi connectivity index (χ0n) is 15.1. The second kappa shape index (κ2) is 7.29. The Kier molecular flexibility index (Phi) is 4.87. The lowest BCUT2D eigenvalue weighted by Gasteiger charge is -2.29. The van der Waals surface area contributed by atoms with Gasteiger partial charge in [0.05, 0.1) is 12.3 Å². The number of benzene rings is 1. The summed E-state index contributed by atoms with van der Waals surface area (Å²) >= 11 is 0. The summed E-state index contributed by atoms with van der Waals surface area (Å²) in [5.41, 5.74) is 3.32. The zero-order chi connectivity index (χ0) is 18.0. The maximum atomic E-state index is 13.4. The molecule has 1 saturated heterocycles. The first-order chi connectivity index (χ1) is 12.7. The van der Waals surface area contributed by atoms with Crippen molar-refractivity contribution in [1.29, 1.82) is 0 Å². The number of halogens is 1. The molecule has 2 aliphatic rings. The van der Waals surface area contributed by atoms with Crippen molar-refractivity contribution in [2.45, 2.75) is 31.6 Å². The molecule has 4 rings (SSSR count). The van der Waals surface area contributed by atoms with E-state index in [1.807, 2.05) is 19.1 Å². The summed E-state index contributed by atoms with van der Waals surface area (Å²) in [6, 6.07) is 6.81. The molecule has 0 bridgehead atoms. The molecular formula is C20H25FN4O. The first-order valence-electron chi connectivity index (χ1n) is 9.31. The van der Waals surface area contributed by atoms with Crippen LogP contribution in [0.25, 0.3) is 0 Å². The van der Waals surface area contributed by atoms with Crippen molar-refractivity contribution < 1.29 is 9.13 Å². The van der Waals surface area contributed by atoms with Gasteiger partial charge in [0.2, 0.25) is 0 Å². The largest absolute Gasteiger partial charge is 0.380 e. The van der Waals surface area contributed by atoms with E-state index in [0.717, 1.165) is 68.4 Å². The fourth-order valence-electron chi connectivity index (χ4n) is 3.95. The van der Waals surface area contributed by atoms with Crippen molar-refractivity contribution >= 4 is 5.82 Å². The third-order valence-electron chi connectivity index (χ3n) is 5.45. The van der Waals surface area contributed by atoms with Crippen LogP contribution in [0.15, 0.2) is 24.3 Å². The highest BCUT2D eigenvalue weighted by Crippen LogP contribution is 2.34. The standard InChI is InChI=1S/C20H25FN4O/c1-14-24-18-7-10-22-9-6-17(18)19(25-14)23-12-20(8-11-26-13-20)15-2-4-16(21)5-3-15/h2-5,22H,6-13H2,1H3,(H,23,24,25). The number of fused-ring (bicyclic) bond motifs is 1. The fraction of sp³-hybridized carbons (Fsp3) is 0.500. The number of nitrogens with zero attached hydrogens (tertiary/aromatic N) is 2. The average molecular weight is 356 g/mol. The predicted octanol–water partition coefficient (Wildman–Crippen LogP) is 2.38. The molecule has 1 atom stereocenters. The van der Waals surface area contributed by atoms with Crippen LogP contribution in [0.5, 0.6) is 0 Å². The van der Waals surface area contributed by atoms with Gasteiger partial charge in [0.1, 0.15) is 17.5 Å². The SMILES string of the molecule is Cc1nc2c(c(NCC3(c4ccc(F)cc4)CCOC3)n1)CCNCC2. The third kappa shape index (κ3) is 3.44. The number of nitrogens with one attached hydrogen (secondary N) is 2. The highest BCUT2D eigenvalue weighted by atomic mass is 19.1. The molecule has 0 spiro atoms. The van der Waals surface area contributed by atoms with Gasteiger partial charge in [-0.3, -0.25) is 0 Å². The van der Waals surface area contributed by atoms with E-state index >= 15 is 0 Å². The Hall–Kier alpha value is -2.05.